The van der Waals surface area contributed by atoms with E-state index in [4.69, 9.17) is 75.3 Å². The van der Waals surface area contributed by atoms with Crippen molar-refractivity contribution >= 4 is 84.0 Å². The third-order valence-corrected chi connectivity index (χ3v) is 6.13. The van der Waals surface area contributed by atoms with Crippen LogP contribution in [-0.2, 0) is 70.4 Å². The Bertz CT molecular complexity index is 382. The van der Waals surface area contributed by atoms with Crippen LogP contribution in [0.25, 0.3) is 0 Å². The van der Waals surface area contributed by atoms with Crippen molar-refractivity contribution in [1.29, 1.82) is 0 Å². The Labute approximate surface area is 214 Å². The van der Waals surface area contributed by atoms with E-state index in [2.05, 4.69) is 55.4 Å². The van der Waals surface area contributed by atoms with Crippen molar-refractivity contribution in [2.24, 2.45) is 23.7 Å². The first-order valence-electron chi connectivity index (χ1n) is 9.15. The monoisotopic (exact) mass is 536 g/mol. The Kier molecular flexibility index (Phi) is 19.4. The molecule has 27 heavy (non-hydrogen) atoms. The number of quaternary nitrogens is 2. The zero-order valence-corrected chi connectivity index (χ0v) is 26.1. The predicted octanol–water partition coefficient (Wildman–Crippen LogP) is 4.82. The number of thiocarbonyl (C=S) groups is 2. The zero-order chi connectivity index (χ0) is 21.3. The molecule has 0 N–H and O–H groups in total. The molecule has 0 atom stereocenters. The molecule has 0 fully saturated rings. The third-order valence-electron chi connectivity index (χ3n) is 3.31. The topological polar surface area (TPSA) is 0 Å². The van der Waals surface area contributed by atoms with Crippen LogP contribution in [-0.4, -0.2) is 42.6 Å². The summed E-state index contributed by atoms with van der Waals surface area (Å²) in [5.74, 6) is 2.16. The van der Waals surface area contributed by atoms with Crippen molar-refractivity contribution < 1.29 is 27.3 Å². The summed E-state index contributed by atoms with van der Waals surface area (Å²) in [4.78, 5) is 0. The van der Waals surface area contributed by atoms with Gasteiger partial charge >= 0.3 is 19.5 Å². The first-order valence-corrected chi connectivity index (χ1v) is 11.5. The van der Waals surface area contributed by atoms with Crippen LogP contribution in [0.3, 0.4) is 0 Å². The molecule has 0 saturated carbocycles. The summed E-state index contributed by atoms with van der Waals surface area (Å²) in [6, 6.07) is 0. The van der Waals surface area contributed by atoms with Crippen LogP contribution in [0.2, 0.25) is 0 Å². The fourth-order valence-electron chi connectivity index (χ4n) is 2.81. The second-order valence-corrected chi connectivity index (χ2v) is 12.1. The maximum absolute atomic E-state index is 5.47. The van der Waals surface area contributed by atoms with Crippen LogP contribution >= 0.6 is 24.4 Å². The molecule has 9 heteroatoms. The van der Waals surface area contributed by atoms with Gasteiger partial charge in [-0.2, -0.15) is 0 Å². The van der Waals surface area contributed by atoms with E-state index in [1.54, 1.807) is 0 Å². The van der Waals surface area contributed by atoms with E-state index < -0.39 is 0 Å². The molecule has 0 aliphatic rings. The molecule has 0 aliphatic heterocycles. The van der Waals surface area contributed by atoms with Crippen molar-refractivity contribution in [1.82, 2.24) is 0 Å². The maximum Gasteiger partial charge on any atom is 2.00 e. The minimum atomic E-state index is 0. The quantitative estimate of drug-likeness (QED) is 0.187. The fraction of sp³-hybridized carbons (Fsp3) is 0.889. The average Bonchev–Trinajstić information content (AvgIpc) is 2.34. The Balaban J connectivity index is -0.000000411. The summed E-state index contributed by atoms with van der Waals surface area (Å²) < 4.78 is 1.72. The van der Waals surface area contributed by atoms with Crippen LogP contribution in [0.1, 0.15) is 55.4 Å². The number of rotatable bonds is 8. The van der Waals surface area contributed by atoms with Crippen molar-refractivity contribution in [3.8, 4) is 0 Å². The van der Waals surface area contributed by atoms with Gasteiger partial charge < -0.3 is 83.1 Å². The second kappa shape index (κ2) is 15.6. The molecule has 0 bridgehead atoms. The second-order valence-electron chi connectivity index (χ2n) is 8.62. The minimum absolute atomic E-state index is 0. The van der Waals surface area contributed by atoms with Gasteiger partial charge in [0.05, 0.1) is 26.2 Å². The predicted molar refractivity (Wildman–Crippen MR) is 134 cm³/mol. The van der Waals surface area contributed by atoms with Gasteiger partial charge in [0.25, 0.3) is 0 Å². The van der Waals surface area contributed by atoms with Gasteiger partial charge in [0.2, 0.25) is 0 Å². The maximum atomic E-state index is 5.47. The Morgan fingerprint density at radius 3 is 0.815 bits per heavy atom. The molecule has 2 nitrogen and oxygen atoms in total. The normalized spacial score (nSPS) is 12.1. The number of nitrogens with zero attached hydrogens (tertiary/aromatic N) is 2. The van der Waals surface area contributed by atoms with Crippen molar-refractivity contribution in [2.75, 3.05) is 26.2 Å². The molecule has 0 aromatic rings. The molecular weight excluding hydrogens is 502 g/mol. The van der Waals surface area contributed by atoms with Crippen molar-refractivity contribution in [3.05, 3.63) is 0 Å². The van der Waals surface area contributed by atoms with E-state index in [0.717, 1.165) is 26.2 Å². The SMILES string of the molecule is CC(C)C[N+]([S-])(CC(C)C)C(=S)[S-].CC(C)C[N+]([S-])(CC(C)C)C(=S)[S-].[Zn+2]. The van der Waals surface area contributed by atoms with E-state index in [9.17, 15) is 0 Å². The van der Waals surface area contributed by atoms with Gasteiger partial charge in [-0.15, -0.1) is 0 Å². The first-order chi connectivity index (χ1) is 11.6. The van der Waals surface area contributed by atoms with Crippen LogP contribution in [0.4, 0.5) is 0 Å². The van der Waals surface area contributed by atoms with E-state index in [1.807, 2.05) is 0 Å². The van der Waals surface area contributed by atoms with Crippen molar-refractivity contribution in [3.63, 3.8) is 0 Å². The van der Waals surface area contributed by atoms with Gasteiger partial charge in [0, 0.05) is 32.3 Å². The first kappa shape index (κ1) is 33.5. The van der Waals surface area contributed by atoms with Gasteiger partial charge in [-0.05, 0) is 0 Å². The molecule has 0 aromatic heterocycles. The summed E-state index contributed by atoms with van der Waals surface area (Å²) in [6.45, 7) is 20.7. The molecule has 0 radical (unpaired) electrons. The van der Waals surface area contributed by atoms with E-state index in [-0.39, 0.29) is 19.5 Å². The average molecular weight is 538 g/mol. The molecule has 0 saturated heterocycles. The standard InChI is InChI=1S/2C9H19NS3.Zn/c2*1-7(2)5-10(13,9(11)12)6-8(3)4;/h2*7-8H,5-6H2,1-4H3,(H,11,12);/q;;+2/p-2. The molecule has 156 valence electrons. The molecule has 0 unspecified atom stereocenters. The molecule has 0 aromatic carbocycles. The van der Waals surface area contributed by atoms with Gasteiger partial charge in [0.1, 0.15) is 0 Å². The Morgan fingerprint density at radius 1 is 0.593 bits per heavy atom. The molecule has 0 spiro atoms. The molecule has 0 rings (SSSR count). The van der Waals surface area contributed by atoms with Crippen LogP contribution in [0.15, 0.2) is 0 Å². The summed E-state index contributed by atoms with van der Waals surface area (Å²) in [6.07, 6.45) is 0. The zero-order valence-electron chi connectivity index (χ0n) is 18.2. The Hall–Kier alpha value is 1.86. The summed E-state index contributed by atoms with van der Waals surface area (Å²) in [5, 5.41) is 0. The van der Waals surface area contributed by atoms with E-state index in [0.29, 0.717) is 40.1 Å². The number of hydrogen-bond donors (Lipinski definition) is 0. The van der Waals surface area contributed by atoms with Crippen LogP contribution in [0.5, 0.6) is 0 Å². The summed E-state index contributed by atoms with van der Waals surface area (Å²) >= 11 is 31.1. The molecule has 0 aliphatic carbocycles. The van der Waals surface area contributed by atoms with Gasteiger partial charge in [0.15, 0.2) is 0 Å². The molecular formula is C18H36N2S6Zn. The van der Waals surface area contributed by atoms with E-state index >= 15 is 0 Å². The fourth-order valence-corrected chi connectivity index (χ4v) is 4.60. The summed E-state index contributed by atoms with van der Waals surface area (Å²) in [7, 11) is 0. The molecule has 0 heterocycles. The summed E-state index contributed by atoms with van der Waals surface area (Å²) in [5.41, 5.74) is 0. The van der Waals surface area contributed by atoms with Gasteiger partial charge in [-0.25, -0.2) is 0 Å². The van der Waals surface area contributed by atoms with Gasteiger partial charge in [-0.1, -0.05) is 55.4 Å². The Morgan fingerprint density at radius 2 is 0.741 bits per heavy atom. The minimum Gasteiger partial charge on any atom is -0.489 e. The van der Waals surface area contributed by atoms with Crippen LogP contribution in [0, 0.1) is 23.7 Å². The van der Waals surface area contributed by atoms with Crippen LogP contribution < -0.4 is 0 Å². The van der Waals surface area contributed by atoms with E-state index in [1.165, 1.54) is 0 Å². The largest absolute Gasteiger partial charge is 2.00 e. The third kappa shape index (κ3) is 16.3. The smallest absolute Gasteiger partial charge is 0.489 e. The van der Waals surface area contributed by atoms with Crippen molar-refractivity contribution in [2.45, 2.75) is 55.4 Å². The number of hydrogen-bond acceptors (Lipinski definition) is 6. The van der Waals surface area contributed by atoms with Gasteiger partial charge in [-0.3, -0.25) is 0 Å². The molecule has 0 amide bonds.